The molecule has 2 aliphatic heterocycles. The summed E-state index contributed by atoms with van der Waals surface area (Å²) >= 11 is 1.19. The van der Waals surface area contributed by atoms with E-state index in [1.165, 1.54) is 17.4 Å². The Labute approximate surface area is 208 Å². The third kappa shape index (κ3) is 4.78. The van der Waals surface area contributed by atoms with E-state index in [1.54, 1.807) is 0 Å². The zero-order valence-corrected chi connectivity index (χ0v) is 20.8. The van der Waals surface area contributed by atoms with Crippen LogP contribution in [0.1, 0.15) is 42.8 Å². The normalized spacial score (nSPS) is 19.7. The first-order valence-corrected chi connectivity index (χ1v) is 12.6. The van der Waals surface area contributed by atoms with E-state index in [1.807, 2.05) is 43.0 Å². The maximum absolute atomic E-state index is 13.4. The number of allylic oxidation sites excluding steroid dienone is 4. The Balaban J connectivity index is 1.39. The molecule has 2 aliphatic rings. The van der Waals surface area contributed by atoms with Crippen molar-refractivity contribution in [1.82, 2.24) is 20.0 Å². The summed E-state index contributed by atoms with van der Waals surface area (Å²) < 4.78 is 13.4. The number of anilines is 1. The van der Waals surface area contributed by atoms with E-state index in [-0.39, 0.29) is 17.2 Å². The van der Waals surface area contributed by atoms with Crippen LogP contribution in [0.5, 0.6) is 0 Å². The van der Waals surface area contributed by atoms with Crippen LogP contribution in [0.3, 0.4) is 0 Å². The molecule has 0 aliphatic carbocycles. The quantitative estimate of drug-likeness (QED) is 0.338. The number of carbonyl (C=O) groups is 1. The molecule has 0 bridgehead atoms. The first-order chi connectivity index (χ1) is 16.9. The number of H-pyrrole nitrogens is 1. The SMILES string of the molecule is C=N/C(C)=C\C(=C/C)c1n[nH]c2cc3c(cc12)CN([C@@H]1CCCN(Cc2ccc(F)s2)C1)C(=O)N3. The Bertz CT molecular complexity index is 1340. The van der Waals surface area contributed by atoms with Crippen LogP contribution in [0.2, 0.25) is 0 Å². The second kappa shape index (κ2) is 9.75. The van der Waals surface area contributed by atoms with Gasteiger partial charge in [-0.1, -0.05) is 6.08 Å². The minimum absolute atomic E-state index is 0.0737. The number of aliphatic imine (C=N–C) groups is 1. The van der Waals surface area contributed by atoms with E-state index in [2.05, 4.69) is 38.2 Å². The average molecular weight is 493 g/mol. The molecule has 35 heavy (non-hydrogen) atoms. The number of aromatic nitrogens is 2. The summed E-state index contributed by atoms with van der Waals surface area (Å²) in [6.45, 7) is 10.5. The van der Waals surface area contributed by atoms with Gasteiger partial charge in [0.15, 0.2) is 5.13 Å². The molecule has 182 valence electrons. The Hall–Kier alpha value is -3.30. The second-order valence-electron chi connectivity index (χ2n) is 9.11. The smallest absolute Gasteiger partial charge is 0.316 e. The number of piperidine rings is 1. The van der Waals surface area contributed by atoms with E-state index >= 15 is 0 Å². The molecule has 4 heterocycles. The zero-order valence-electron chi connectivity index (χ0n) is 20.0. The molecule has 2 N–H and O–H groups in total. The predicted molar refractivity (Wildman–Crippen MR) is 140 cm³/mol. The molecule has 1 aromatic carbocycles. The van der Waals surface area contributed by atoms with Gasteiger partial charge >= 0.3 is 6.03 Å². The number of likely N-dealkylation sites (tertiary alicyclic amines) is 1. The molecule has 0 spiro atoms. The van der Waals surface area contributed by atoms with Gasteiger partial charge in [0.2, 0.25) is 0 Å². The number of hydrogen-bond donors (Lipinski definition) is 2. The van der Waals surface area contributed by atoms with E-state index in [0.29, 0.717) is 6.54 Å². The number of benzene rings is 1. The Morgan fingerprint density at radius 1 is 1.40 bits per heavy atom. The number of halogens is 1. The van der Waals surface area contributed by atoms with Crippen LogP contribution in [-0.2, 0) is 13.1 Å². The lowest BCUT2D eigenvalue weighted by molar-refractivity contribution is 0.109. The van der Waals surface area contributed by atoms with Crippen LogP contribution in [0.15, 0.2) is 47.1 Å². The second-order valence-corrected chi connectivity index (χ2v) is 10.2. The van der Waals surface area contributed by atoms with Crippen molar-refractivity contribution in [3.05, 3.63) is 63.4 Å². The topological polar surface area (TPSA) is 76.6 Å². The molecule has 0 radical (unpaired) electrons. The highest BCUT2D eigenvalue weighted by Crippen LogP contribution is 2.34. The van der Waals surface area contributed by atoms with Crippen LogP contribution < -0.4 is 5.32 Å². The van der Waals surface area contributed by atoms with Gasteiger partial charge in [-0.25, -0.2) is 4.79 Å². The minimum atomic E-state index is -0.155. The molecule has 1 atom stereocenters. The number of carbonyl (C=O) groups excluding carboxylic acids is 1. The zero-order chi connectivity index (χ0) is 24.5. The fourth-order valence-corrected chi connectivity index (χ4v) is 5.73. The lowest BCUT2D eigenvalue weighted by Crippen LogP contribution is -2.52. The van der Waals surface area contributed by atoms with Gasteiger partial charge in [-0.15, -0.1) is 11.3 Å². The van der Waals surface area contributed by atoms with Gasteiger partial charge in [0.1, 0.15) is 0 Å². The summed E-state index contributed by atoms with van der Waals surface area (Å²) in [6, 6.07) is 7.49. The maximum atomic E-state index is 13.4. The summed E-state index contributed by atoms with van der Waals surface area (Å²) in [4.78, 5) is 22.3. The number of thiophene rings is 1. The molecule has 2 amide bonds. The van der Waals surface area contributed by atoms with Crippen molar-refractivity contribution in [2.45, 2.75) is 45.8 Å². The number of fused-ring (bicyclic) bond motifs is 2. The lowest BCUT2D eigenvalue weighted by Gasteiger charge is -2.41. The summed E-state index contributed by atoms with van der Waals surface area (Å²) in [5.74, 6) is 0. The van der Waals surface area contributed by atoms with Gasteiger partial charge in [-0.2, -0.15) is 9.49 Å². The highest BCUT2D eigenvalue weighted by molar-refractivity contribution is 7.10. The van der Waals surface area contributed by atoms with Crippen LogP contribution in [-0.4, -0.2) is 51.9 Å². The number of rotatable bonds is 6. The third-order valence-electron chi connectivity index (χ3n) is 6.76. The molecule has 7 nitrogen and oxygen atoms in total. The Kier molecular flexibility index (Phi) is 6.53. The Morgan fingerprint density at radius 2 is 2.26 bits per heavy atom. The molecule has 9 heteroatoms. The monoisotopic (exact) mass is 492 g/mol. The summed E-state index contributed by atoms with van der Waals surface area (Å²) in [5.41, 5.74) is 5.39. The average Bonchev–Trinajstić information content (AvgIpc) is 3.46. The van der Waals surface area contributed by atoms with Gasteiger partial charge < -0.3 is 10.2 Å². The molecule has 0 unspecified atom stereocenters. The van der Waals surface area contributed by atoms with Crippen molar-refractivity contribution >= 4 is 46.2 Å². The van der Waals surface area contributed by atoms with E-state index in [0.717, 1.165) is 76.5 Å². The van der Waals surface area contributed by atoms with E-state index in [4.69, 9.17) is 0 Å². The van der Waals surface area contributed by atoms with Gasteiger partial charge in [0.05, 0.1) is 11.2 Å². The molecule has 3 aromatic rings. The Morgan fingerprint density at radius 3 is 3.00 bits per heavy atom. The molecule has 2 aromatic heterocycles. The van der Waals surface area contributed by atoms with E-state index < -0.39 is 0 Å². The summed E-state index contributed by atoms with van der Waals surface area (Å²) in [6.07, 6.45) is 5.94. The molecule has 1 fully saturated rings. The van der Waals surface area contributed by atoms with Gasteiger partial charge in [-0.3, -0.25) is 15.0 Å². The van der Waals surface area contributed by atoms with Gasteiger partial charge in [-0.05, 0) is 75.9 Å². The largest absolute Gasteiger partial charge is 0.322 e. The standard InChI is InChI=1S/C26H29FN6OS/c1-4-17(10-16(2)28-3)25-21-11-18-13-33(26(34)29-22(18)12-23(21)30-31-25)19-6-5-9-32(14-19)15-20-7-8-24(27)35-20/h4,7-8,10-12,19H,3,5-6,9,13-15H2,1-2H3,(H,29,34)(H,30,31)/b16-10-,17-4+/t19-/m1/s1. The first-order valence-electron chi connectivity index (χ1n) is 11.8. The first kappa shape index (κ1) is 23.4. The fourth-order valence-electron chi connectivity index (χ4n) is 4.96. The number of nitrogens with zero attached hydrogens (tertiary/aromatic N) is 4. The summed E-state index contributed by atoms with van der Waals surface area (Å²) in [5, 5.41) is 11.6. The molecular weight excluding hydrogens is 463 g/mol. The van der Waals surface area contributed by atoms with Gasteiger partial charge in [0.25, 0.3) is 0 Å². The molecule has 5 rings (SSSR count). The maximum Gasteiger partial charge on any atom is 0.322 e. The highest BCUT2D eigenvalue weighted by Gasteiger charge is 2.32. The molecule has 1 saturated heterocycles. The van der Waals surface area contributed by atoms with Crippen molar-refractivity contribution in [2.75, 3.05) is 18.4 Å². The van der Waals surface area contributed by atoms with Gasteiger partial charge in [0, 0.05) is 52.9 Å². The predicted octanol–water partition coefficient (Wildman–Crippen LogP) is 5.78. The third-order valence-corrected chi connectivity index (χ3v) is 7.62. The number of hydrogen-bond acceptors (Lipinski definition) is 5. The van der Waals surface area contributed by atoms with Crippen LogP contribution >= 0.6 is 11.3 Å². The van der Waals surface area contributed by atoms with Crippen molar-refractivity contribution in [3.63, 3.8) is 0 Å². The lowest BCUT2D eigenvalue weighted by atomic mass is 9.99. The van der Waals surface area contributed by atoms with Crippen molar-refractivity contribution in [2.24, 2.45) is 4.99 Å². The number of urea groups is 1. The highest BCUT2D eigenvalue weighted by atomic mass is 32.1. The fraction of sp³-hybridized carbons (Fsp3) is 0.346. The van der Waals surface area contributed by atoms with Crippen LogP contribution in [0, 0.1) is 5.13 Å². The molecular formula is C26H29FN6OS. The van der Waals surface area contributed by atoms with Crippen molar-refractivity contribution in [1.29, 1.82) is 0 Å². The number of amides is 2. The molecule has 0 saturated carbocycles. The van der Waals surface area contributed by atoms with Crippen molar-refractivity contribution in [3.8, 4) is 0 Å². The summed E-state index contributed by atoms with van der Waals surface area (Å²) in [7, 11) is 0. The van der Waals surface area contributed by atoms with E-state index in [9.17, 15) is 9.18 Å². The number of nitrogens with one attached hydrogen (secondary N) is 2. The van der Waals surface area contributed by atoms with Crippen LogP contribution in [0.4, 0.5) is 14.9 Å². The number of aromatic amines is 1. The van der Waals surface area contributed by atoms with Crippen molar-refractivity contribution < 1.29 is 9.18 Å². The minimum Gasteiger partial charge on any atom is -0.316 e. The van der Waals surface area contributed by atoms with Crippen LogP contribution in [0.25, 0.3) is 16.5 Å².